The van der Waals surface area contributed by atoms with Crippen LogP contribution in [0, 0.1) is 41.5 Å². The minimum atomic E-state index is -0.161. The fourth-order valence-electron chi connectivity index (χ4n) is 5.35. The van der Waals surface area contributed by atoms with E-state index in [1.807, 2.05) is 24.6 Å². The molecule has 0 unspecified atom stereocenters. The Balaban J connectivity index is 1.95. The van der Waals surface area contributed by atoms with Crippen LogP contribution >= 0.6 is 0 Å². The summed E-state index contributed by atoms with van der Waals surface area (Å²) in [4.78, 5) is 10.5. The molecule has 0 amide bonds. The van der Waals surface area contributed by atoms with Gasteiger partial charge in [0.05, 0.1) is 0 Å². The van der Waals surface area contributed by atoms with Gasteiger partial charge in [0.15, 0.2) is 0 Å². The predicted molar refractivity (Wildman–Crippen MR) is 155 cm³/mol. The first-order chi connectivity index (χ1) is 17.3. The SMILES string of the molecule is Cc1cc(C)c([C@H](N=Cc2ccccc2)[C@@H](N=Cc2ccccc2)c2c(C)cc(C)cc2C)c(C)c1. The minimum absolute atomic E-state index is 0.161. The fourth-order valence-corrected chi connectivity index (χ4v) is 5.35. The van der Waals surface area contributed by atoms with Crippen molar-refractivity contribution in [2.45, 2.75) is 53.6 Å². The molecule has 0 aromatic heterocycles. The maximum Gasteiger partial charge on any atom is 0.102 e. The lowest BCUT2D eigenvalue weighted by Crippen LogP contribution is -2.15. The third kappa shape index (κ3) is 5.88. The van der Waals surface area contributed by atoms with Crippen LogP contribution in [0.25, 0.3) is 0 Å². The molecule has 0 bridgehead atoms. The Hall–Kier alpha value is -3.78. The van der Waals surface area contributed by atoms with Gasteiger partial charge in [-0.25, -0.2) is 0 Å². The predicted octanol–water partition coefficient (Wildman–Crippen LogP) is 8.56. The summed E-state index contributed by atoms with van der Waals surface area (Å²) in [5, 5.41) is 0. The van der Waals surface area contributed by atoms with Crippen LogP contribution < -0.4 is 0 Å². The molecular weight excluding hydrogens is 436 g/mol. The van der Waals surface area contributed by atoms with Gasteiger partial charge >= 0.3 is 0 Å². The smallest absolute Gasteiger partial charge is 0.102 e. The van der Waals surface area contributed by atoms with Crippen molar-refractivity contribution in [1.82, 2.24) is 0 Å². The first-order valence-corrected chi connectivity index (χ1v) is 12.7. The van der Waals surface area contributed by atoms with E-state index in [2.05, 4.69) is 114 Å². The zero-order chi connectivity index (χ0) is 25.7. The summed E-state index contributed by atoms with van der Waals surface area (Å²) in [7, 11) is 0. The van der Waals surface area contributed by atoms with Crippen LogP contribution in [0.2, 0.25) is 0 Å². The van der Waals surface area contributed by atoms with Crippen LogP contribution in [0.15, 0.2) is 94.9 Å². The lowest BCUT2D eigenvalue weighted by atomic mass is 9.84. The molecule has 0 N–H and O–H groups in total. The van der Waals surface area contributed by atoms with E-state index in [9.17, 15) is 0 Å². The van der Waals surface area contributed by atoms with Gasteiger partial charge in [-0.2, -0.15) is 0 Å². The van der Waals surface area contributed by atoms with E-state index in [1.54, 1.807) is 0 Å². The largest absolute Gasteiger partial charge is 0.282 e. The Bertz CT molecular complexity index is 1230. The molecule has 4 aromatic carbocycles. The highest BCUT2D eigenvalue weighted by Crippen LogP contribution is 2.41. The van der Waals surface area contributed by atoms with Crippen LogP contribution in [0.1, 0.15) is 67.7 Å². The van der Waals surface area contributed by atoms with E-state index < -0.39 is 0 Å². The number of hydrogen-bond acceptors (Lipinski definition) is 2. The molecule has 2 atom stereocenters. The van der Waals surface area contributed by atoms with Gasteiger partial charge in [-0.1, -0.05) is 96.1 Å². The van der Waals surface area contributed by atoms with Crippen LogP contribution in [-0.2, 0) is 0 Å². The van der Waals surface area contributed by atoms with Crippen LogP contribution in [0.4, 0.5) is 0 Å². The third-order valence-electron chi connectivity index (χ3n) is 6.73. The van der Waals surface area contributed by atoms with Crippen LogP contribution in [0.3, 0.4) is 0 Å². The van der Waals surface area contributed by atoms with E-state index in [0.29, 0.717) is 0 Å². The lowest BCUT2D eigenvalue weighted by Gasteiger charge is -2.28. The molecule has 0 aliphatic carbocycles. The maximum atomic E-state index is 5.27. The van der Waals surface area contributed by atoms with Crippen molar-refractivity contribution >= 4 is 12.4 Å². The Kier molecular flexibility index (Phi) is 7.95. The molecule has 36 heavy (non-hydrogen) atoms. The molecule has 4 aromatic rings. The van der Waals surface area contributed by atoms with E-state index in [-0.39, 0.29) is 12.1 Å². The molecular formula is C34H36N2. The van der Waals surface area contributed by atoms with Crippen molar-refractivity contribution in [3.05, 3.63) is 141 Å². The van der Waals surface area contributed by atoms with E-state index in [4.69, 9.17) is 9.98 Å². The topological polar surface area (TPSA) is 24.7 Å². The van der Waals surface area contributed by atoms with Gasteiger partial charge < -0.3 is 0 Å². The molecule has 0 radical (unpaired) electrons. The van der Waals surface area contributed by atoms with Crippen molar-refractivity contribution in [2.24, 2.45) is 9.98 Å². The molecule has 4 rings (SSSR count). The average molecular weight is 473 g/mol. The van der Waals surface area contributed by atoms with Crippen LogP contribution in [-0.4, -0.2) is 12.4 Å². The molecule has 0 spiro atoms. The second-order valence-electron chi connectivity index (χ2n) is 9.89. The lowest BCUT2D eigenvalue weighted by molar-refractivity contribution is 0.572. The standard InChI is InChI=1S/C34H36N2/c1-23-17-25(3)31(26(4)18-23)33(35-21-29-13-9-7-10-14-29)34(36-22-30-15-11-8-12-16-30)32-27(5)19-24(2)20-28(32)6/h7-22,33-34H,1-6H3/t33-,34-/m0/s1. The minimum Gasteiger partial charge on any atom is -0.282 e. The van der Waals surface area contributed by atoms with Crippen molar-refractivity contribution in [2.75, 3.05) is 0 Å². The number of aliphatic imine (C=N–C) groups is 2. The first-order valence-electron chi connectivity index (χ1n) is 12.7. The highest BCUT2D eigenvalue weighted by molar-refractivity contribution is 5.81. The van der Waals surface area contributed by atoms with Crippen molar-refractivity contribution in [1.29, 1.82) is 0 Å². The second kappa shape index (κ2) is 11.3. The second-order valence-corrected chi connectivity index (χ2v) is 9.89. The normalized spacial score (nSPS) is 13.4. The molecule has 2 nitrogen and oxygen atoms in total. The highest BCUT2D eigenvalue weighted by Gasteiger charge is 2.29. The summed E-state index contributed by atoms with van der Waals surface area (Å²) in [6.45, 7) is 13.1. The van der Waals surface area contributed by atoms with Gasteiger partial charge in [-0.05, 0) is 86.1 Å². The Labute approximate surface area is 216 Å². The number of hydrogen-bond donors (Lipinski definition) is 0. The summed E-state index contributed by atoms with van der Waals surface area (Å²) in [6, 6.07) is 29.4. The molecule has 0 saturated heterocycles. The molecule has 0 fully saturated rings. The summed E-state index contributed by atoms with van der Waals surface area (Å²) in [5.74, 6) is 0. The third-order valence-corrected chi connectivity index (χ3v) is 6.73. The number of aryl methyl sites for hydroxylation is 6. The summed E-state index contributed by atoms with van der Waals surface area (Å²) < 4.78 is 0. The van der Waals surface area contributed by atoms with E-state index in [1.165, 1.54) is 44.5 Å². The van der Waals surface area contributed by atoms with Gasteiger partial charge in [-0.15, -0.1) is 0 Å². The monoisotopic (exact) mass is 472 g/mol. The summed E-state index contributed by atoms with van der Waals surface area (Å²) in [5.41, 5.74) is 12.2. The number of rotatable bonds is 7. The van der Waals surface area contributed by atoms with Crippen molar-refractivity contribution < 1.29 is 0 Å². The van der Waals surface area contributed by atoms with Gasteiger partial charge in [0.2, 0.25) is 0 Å². The Morgan fingerprint density at radius 3 is 1.08 bits per heavy atom. The summed E-state index contributed by atoms with van der Waals surface area (Å²) >= 11 is 0. The highest BCUT2D eigenvalue weighted by atomic mass is 14.9. The average Bonchev–Trinajstić information content (AvgIpc) is 2.83. The van der Waals surface area contributed by atoms with E-state index >= 15 is 0 Å². The number of benzene rings is 4. The molecule has 182 valence electrons. The molecule has 0 aliphatic rings. The molecule has 0 aliphatic heterocycles. The first kappa shape index (κ1) is 25.3. The van der Waals surface area contributed by atoms with Gasteiger partial charge in [0, 0.05) is 12.4 Å². The van der Waals surface area contributed by atoms with Gasteiger partial charge in [0.25, 0.3) is 0 Å². The molecule has 2 heteroatoms. The fraction of sp³-hybridized carbons (Fsp3) is 0.235. The van der Waals surface area contributed by atoms with Crippen molar-refractivity contribution in [3.8, 4) is 0 Å². The van der Waals surface area contributed by atoms with Gasteiger partial charge in [0.1, 0.15) is 12.1 Å². The maximum absolute atomic E-state index is 5.27. The zero-order valence-corrected chi connectivity index (χ0v) is 22.3. The van der Waals surface area contributed by atoms with Crippen molar-refractivity contribution in [3.63, 3.8) is 0 Å². The van der Waals surface area contributed by atoms with Gasteiger partial charge in [-0.3, -0.25) is 9.98 Å². The van der Waals surface area contributed by atoms with E-state index in [0.717, 1.165) is 11.1 Å². The Morgan fingerprint density at radius 1 is 0.472 bits per heavy atom. The molecule has 0 saturated carbocycles. The quantitative estimate of drug-likeness (QED) is 0.241. The summed E-state index contributed by atoms with van der Waals surface area (Å²) in [6.07, 6.45) is 4.01. The Morgan fingerprint density at radius 2 is 0.778 bits per heavy atom. The zero-order valence-electron chi connectivity index (χ0n) is 22.3. The number of nitrogens with zero attached hydrogens (tertiary/aromatic N) is 2. The molecule has 0 heterocycles. The van der Waals surface area contributed by atoms with Crippen LogP contribution in [0.5, 0.6) is 0 Å².